The Hall–Kier alpha value is -1.24. The van der Waals surface area contributed by atoms with Gasteiger partial charge in [-0.15, -0.1) is 0 Å². The van der Waals surface area contributed by atoms with Crippen molar-refractivity contribution in [1.82, 2.24) is 5.32 Å². The quantitative estimate of drug-likeness (QED) is 0.896. The molecule has 0 aliphatic rings. The fourth-order valence-corrected chi connectivity index (χ4v) is 1.83. The largest absolute Gasteiger partial charge is 0.496 e. The number of methoxy groups -OCH3 is 1. The second-order valence-corrected chi connectivity index (χ2v) is 4.42. The Morgan fingerprint density at radius 2 is 2.18 bits per heavy atom. The lowest BCUT2D eigenvalue weighted by Gasteiger charge is -2.16. The van der Waals surface area contributed by atoms with Gasteiger partial charge in [-0.3, -0.25) is 5.32 Å². The van der Waals surface area contributed by atoms with Gasteiger partial charge in [0.2, 0.25) is 0 Å². The van der Waals surface area contributed by atoms with Crippen molar-refractivity contribution in [2.45, 2.75) is 33.4 Å². The van der Waals surface area contributed by atoms with E-state index in [1.165, 1.54) is 0 Å². The Morgan fingerprint density at radius 3 is 2.71 bits per heavy atom. The number of halogens is 1. The highest BCUT2D eigenvalue weighted by molar-refractivity contribution is 6.32. The van der Waals surface area contributed by atoms with Gasteiger partial charge in [0, 0.05) is 17.1 Å². The zero-order valence-corrected chi connectivity index (χ0v) is 11.4. The van der Waals surface area contributed by atoms with E-state index in [0.29, 0.717) is 6.54 Å². The molecular weight excluding hydrogens is 236 g/mol. The zero-order chi connectivity index (χ0) is 13.0. The highest BCUT2D eigenvalue weighted by atomic mass is 35.5. The molecular formula is C13H17ClN2O. The first-order valence-electron chi connectivity index (χ1n) is 5.46. The number of nitrogens with zero attached hydrogens (tertiary/aromatic N) is 1. The van der Waals surface area contributed by atoms with Crippen molar-refractivity contribution in [2.75, 3.05) is 7.11 Å². The second kappa shape index (κ2) is 5.90. The maximum Gasteiger partial charge on any atom is 0.123 e. The van der Waals surface area contributed by atoms with Crippen LogP contribution in [-0.2, 0) is 6.54 Å². The minimum absolute atomic E-state index is 0.195. The van der Waals surface area contributed by atoms with Gasteiger partial charge in [0.1, 0.15) is 5.75 Å². The van der Waals surface area contributed by atoms with E-state index < -0.39 is 0 Å². The smallest absolute Gasteiger partial charge is 0.123 e. The molecule has 4 heteroatoms. The van der Waals surface area contributed by atoms with Crippen LogP contribution in [0.1, 0.15) is 23.6 Å². The maximum atomic E-state index is 8.74. The molecule has 0 bridgehead atoms. The molecule has 0 radical (unpaired) electrons. The Morgan fingerprint density at radius 1 is 1.53 bits per heavy atom. The molecule has 3 nitrogen and oxygen atoms in total. The second-order valence-electron chi connectivity index (χ2n) is 4.04. The third kappa shape index (κ3) is 3.12. The SMILES string of the molecule is COc1cc(C)c(Cl)c(C)c1CNC(C)C#N. The first-order chi connectivity index (χ1) is 8.01. The van der Waals surface area contributed by atoms with Crippen molar-refractivity contribution < 1.29 is 4.74 Å². The molecule has 1 N–H and O–H groups in total. The molecule has 1 rings (SSSR count). The molecule has 92 valence electrons. The minimum Gasteiger partial charge on any atom is -0.496 e. The molecule has 0 amide bonds. The van der Waals surface area contributed by atoms with Gasteiger partial charge in [-0.2, -0.15) is 5.26 Å². The number of hydrogen-bond donors (Lipinski definition) is 1. The molecule has 0 fully saturated rings. The van der Waals surface area contributed by atoms with Crippen LogP contribution in [0.3, 0.4) is 0 Å². The van der Waals surface area contributed by atoms with Crippen LogP contribution < -0.4 is 10.1 Å². The molecule has 0 spiro atoms. The standard InChI is InChI=1S/C13H17ClN2O/c1-8-5-12(17-4)11(10(3)13(8)14)7-16-9(2)6-15/h5,9,16H,7H2,1-4H3. The van der Waals surface area contributed by atoms with E-state index in [0.717, 1.165) is 27.5 Å². The molecule has 1 atom stereocenters. The van der Waals surface area contributed by atoms with Crippen LogP contribution in [0.4, 0.5) is 0 Å². The van der Waals surface area contributed by atoms with Crippen LogP contribution in [0.25, 0.3) is 0 Å². The van der Waals surface area contributed by atoms with Gasteiger partial charge in [-0.1, -0.05) is 11.6 Å². The molecule has 1 unspecified atom stereocenters. The number of ether oxygens (including phenoxy) is 1. The first kappa shape index (κ1) is 13.8. The number of hydrogen-bond acceptors (Lipinski definition) is 3. The molecule has 1 aromatic rings. The summed E-state index contributed by atoms with van der Waals surface area (Å²) >= 11 is 6.21. The summed E-state index contributed by atoms with van der Waals surface area (Å²) in [6.07, 6.45) is 0. The molecule has 0 aliphatic heterocycles. The van der Waals surface area contributed by atoms with Gasteiger partial charge in [0.25, 0.3) is 0 Å². The van der Waals surface area contributed by atoms with Crippen LogP contribution in [0.5, 0.6) is 5.75 Å². The van der Waals surface area contributed by atoms with Crippen LogP contribution in [-0.4, -0.2) is 13.2 Å². The highest BCUT2D eigenvalue weighted by Gasteiger charge is 2.13. The summed E-state index contributed by atoms with van der Waals surface area (Å²) in [5, 5.41) is 12.6. The monoisotopic (exact) mass is 252 g/mol. The summed E-state index contributed by atoms with van der Waals surface area (Å²) in [6, 6.07) is 3.86. The lowest BCUT2D eigenvalue weighted by molar-refractivity contribution is 0.406. The molecule has 1 aromatic carbocycles. The Bertz CT molecular complexity index is 452. The Balaban J connectivity index is 3.05. The Labute approximate surface area is 107 Å². The van der Waals surface area contributed by atoms with Gasteiger partial charge < -0.3 is 4.74 Å². The number of rotatable bonds is 4. The zero-order valence-electron chi connectivity index (χ0n) is 10.6. The van der Waals surface area contributed by atoms with E-state index >= 15 is 0 Å². The average Bonchev–Trinajstić information content (AvgIpc) is 2.33. The van der Waals surface area contributed by atoms with E-state index in [1.807, 2.05) is 26.8 Å². The van der Waals surface area contributed by atoms with E-state index in [-0.39, 0.29) is 6.04 Å². The van der Waals surface area contributed by atoms with Crippen molar-refractivity contribution in [3.8, 4) is 11.8 Å². The normalized spacial score (nSPS) is 12.0. The highest BCUT2D eigenvalue weighted by Crippen LogP contribution is 2.31. The summed E-state index contributed by atoms with van der Waals surface area (Å²) in [4.78, 5) is 0. The van der Waals surface area contributed by atoms with Gasteiger partial charge in [0.05, 0.1) is 19.2 Å². The summed E-state index contributed by atoms with van der Waals surface area (Å²) < 4.78 is 5.35. The van der Waals surface area contributed by atoms with E-state index in [4.69, 9.17) is 21.6 Å². The summed E-state index contributed by atoms with van der Waals surface area (Å²) in [6.45, 7) is 6.31. The van der Waals surface area contributed by atoms with Crippen molar-refractivity contribution in [1.29, 1.82) is 5.26 Å². The number of nitrogens with one attached hydrogen (secondary N) is 1. The number of nitriles is 1. The molecule has 0 saturated carbocycles. The van der Waals surface area contributed by atoms with Crippen LogP contribution in [0.15, 0.2) is 6.07 Å². The average molecular weight is 253 g/mol. The predicted molar refractivity (Wildman–Crippen MR) is 69.4 cm³/mol. The minimum atomic E-state index is -0.195. The van der Waals surface area contributed by atoms with E-state index in [2.05, 4.69) is 11.4 Å². The molecule has 0 heterocycles. The summed E-state index contributed by atoms with van der Waals surface area (Å²) in [5.74, 6) is 0.807. The Kier molecular flexibility index (Phi) is 4.80. The number of aryl methyl sites for hydroxylation is 1. The lowest BCUT2D eigenvalue weighted by Crippen LogP contribution is -2.24. The van der Waals surface area contributed by atoms with Crippen molar-refractivity contribution >= 4 is 11.6 Å². The lowest BCUT2D eigenvalue weighted by atomic mass is 10.0. The van der Waals surface area contributed by atoms with E-state index in [9.17, 15) is 0 Å². The van der Waals surface area contributed by atoms with Crippen molar-refractivity contribution in [2.24, 2.45) is 0 Å². The van der Waals surface area contributed by atoms with Gasteiger partial charge in [0.15, 0.2) is 0 Å². The van der Waals surface area contributed by atoms with Crippen LogP contribution in [0, 0.1) is 25.2 Å². The molecule has 0 aliphatic carbocycles. The molecule has 0 aromatic heterocycles. The first-order valence-corrected chi connectivity index (χ1v) is 5.84. The predicted octanol–water partition coefficient (Wildman–Crippen LogP) is 2.97. The fraction of sp³-hybridized carbons (Fsp3) is 0.462. The summed E-state index contributed by atoms with van der Waals surface area (Å²) in [7, 11) is 1.64. The molecule has 17 heavy (non-hydrogen) atoms. The van der Waals surface area contributed by atoms with Crippen molar-refractivity contribution in [3.05, 3.63) is 27.8 Å². The topological polar surface area (TPSA) is 45.0 Å². The van der Waals surface area contributed by atoms with Crippen LogP contribution >= 0.6 is 11.6 Å². The van der Waals surface area contributed by atoms with Crippen LogP contribution in [0.2, 0.25) is 5.02 Å². The fourth-order valence-electron chi connectivity index (χ4n) is 1.66. The third-order valence-electron chi connectivity index (χ3n) is 2.77. The van der Waals surface area contributed by atoms with Gasteiger partial charge in [-0.25, -0.2) is 0 Å². The van der Waals surface area contributed by atoms with Gasteiger partial charge in [-0.05, 0) is 38.0 Å². The van der Waals surface area contributed by atoms with Gasteiger partial charge >= 0.3 is 0 Å². The third-order valence-corrected chi connectivity index (χ3v) is 3.35. The maximum absolute atomic E-state index is 8.74. The molecule has 0 saturated heterocycles. The van der Waals surface area contributed by atoms with E-state index in [1.54, 1.807) is 7.11 Å². The number of benzene rings is 1. The summed E-state index contributed by atoms with van der Waals surface area (Å²) in [5.41, 5.74) is 3.00. The van der Waals surface area contributed by atoms with Crippen molar-refractivity contribution in [3.63, 3.8) is 0 Å².